The maximum atomic E-state index is 13.1. The molecule has 0 radical (unpaired) electrons. The van der Waals surface area contributed by atoms with Gasteiger partial charge in [0, 0.05) is 29.0 Å². The number of hydrogen-bond acceptors (Lipinski definition) is 4. The third-order valence-corrected chi connectivity index (χ3v) is 5.48. The van der Waals surface area contributed by atoms with Gasteiger partial charge < -0.3 is 19.7 Å². The standard InChI is InChI=1S/C30H28N2O4/c1-2-32(26-12-5-3-6-13-26)30(34)24-10-9-11-25(22-24)31-29(33)23-16-18-28(19-17-23)36-21-20-35-27-14-7-4-8-15-27/h3-19,22H,2,20-21H2,1H3,(H,31,33). The lowest BCUT2D eigenvalue weighted by atomic mass is 10.1. The Labute approximate surface area is 211 Å². The summed E-state index contributed by atoms with van der Waals surface area (Å²) in [6, 6.07) is 32.9. The summed E-state index contributed by atoms with van der Waals surface area (Å²) in [6.45, 7) is 3.27. The van der Waals surface area contributed by atoms with Crippen molar-refractivity contribution in [2.45, 2.75) is 6.92 Å². The summed E-state index contributed by atoms with van der Waals surface area (Å²) in [7, 11) is 0. The van der Waals surface area contributed by atoms with Crippen molar-refractivity contribution in [3.8, 4) is 11.5 Å². The van der Waals surface area contributed by atoms with Gasteiger partial charge in [0.15, 0.2) is 0 Å². The number of carbonyl (C=O) groups is 2. The Morgan fingerprint density at radius 2 is 1.31 bits per heavy atom. The van der Waals surface area contributed by atoms with Gasteiger partial charge in [-0.25, -0.2) is 0 Å². The molecule has 0 bridgehead atoms. The van der Waals surface area contributed by atoms with Crippen molar-refractivity contribution in [1.82, 2.24) is 0 Å². The topological polar surface area (TPSA) is 67.9 Å². The van der Waals surface area contributed by atoms with Gasteiger partial charge >= 0.3 is 0 Å². The van der Waals surface area contributed by atoms with Gasteiger partial charge in [0.1, 0.15) is 24.7 Å². The zero-order valence-electron chi connectivity index (χ0n) is 20.1. The van der Waals surface area contributed by atoms with Gasteiger partial charge in [-0.1, -0.05) is 42.5 Å². The number of para-hydroxylation sites is 2. The highest BCUT2D eigenvalue weighted by Crippen LogP contribution is 2.20. The first-order valence-corrected chi connectivity index (χ1v) is 11.8. The lowest BCUT2D eigenvalue weighted by Gasteiger charge is -2.21. The summed E-state index contributed by atoms with van der Waals surface area (Å²) in [5, 5.41) is 2.87. The van der Waals surface area contributed by atoms with Crippen molar-refractivity contribution in [3.05, 3.63) is 120 Å². The van der Waals surface area contributed by atoms with E-state index in [1.165, 1.54) is 0 Å². The molecule has 0 saturated heterocycles. The number of amides is 2. The maximum Gasteiger partial charge on any atom is 0.258 e. The molecule has 0 aliphatic carbocycles. The van der Waals surface area contributed by atoms with Crippen LogP contribution < -0.4 is 19.7 Å². The highest BCUT2D eigenvalue weighted by Gasteiger charge is 2.17. The Morgan fingerprint density at radius 1 is 0.694 bits per heavy atom. The van der Waals surface area contributed by atoms with Crippen LogP contribution in [0.1, 0.15) is 27.6 Å². The Morgan fingerprint density at radius 3 is 1.94 bits per heavy atom. The Balaban J connectivity index is 1.32. The third kappa shape index (κ3) is 6.51. The summed E-state index contributed by atoms with van der Waals surface area (Å²) in [6.07, 6.45) is 0. The molecule has 0 aromatic heterocycles. The van der Waals surface area contributed by atoms with E-state index in [0.29, 0.717) is 42.3 Å². The predicted molar refractivity (Wildman–Crippen MR) is 142 cm³/mol. The van der Waals surface area contributed by atoms with Crippen LogP contribution in [0.3, 0.4) is 0 Å². The van der Waals surface area contributed by atoms with Crippen LogP contribution in [0.4, 0.5) is 11.4 Å². The first-order chi connectivity index (χ1) is 17.6. The molecule has 2 amide bonds. The van der Waals surface area contributed by atoms with Crippen molar-refractivity contribution in [3.63, 3.8) is 0 Å². The van der Waals surface area contributed by atoms with Crippen LogP contribution in [0.25, 0.3) is 0 Å². The van der Waals surface area contributed by atoms with E-state index < -0.39 is 0 Å². The molecule has 0 aliphatic rings. The van der Waals surface area contributed by atoms with Crippen molar-refractivity contribution in [2.75, 3.05) is 30.0 Å². The van der Waals surface area contributed by atoms with E-state index >= 15 is 0 Å². The van der Waals surface area contributed by atoms with Gasteiger partial charge in [-0.05, 0) is 73.7 Å². The zero-order chi connectivity index (χ0) is 25.2. The highest BCUT2D eigenvalue weighted by atomic mass is 16.5. The zero-order valence-corrected chi connectivity index (χ0v) is 20.1. The van der Waals surface area contributed by atoms with E-state index in [1.807, 2.05) is 67.6 Å². The SMILES string of the molecule is CCN(C(=O)c1cccc(NC(=O)c2ccc(OCCOc3ccccc3)cc2)c1)c1ccccc1. The average molecular weight is 481 g/mol. The van der Waals surface area contributed by atoms with Gasteiger partial charge in [0.2, 0.25) is 0 Å². The largest absolute Gasteiger partial charge is 0.490 e. The number of ether oxygens (including phenoxy) is 2. The summed E-state index contributed by atoms with van der Waals surface area (Å²) in [4.78, 5) is 27.6. The van der Waals surface area contributed by atoms with E-state index in [1.54, 1.807) is 53.4 Å². The molecular formula is C30H28N2O4. The number of benzene rings is 4. The smallest absolute Gasteiger partial charge is 0.258 e. The van der Waals surface area contributed by atoms with E-state index in [9.17, 15) is 9.59 Å². The molecule has 4 aromatic rings. The molecule has 6 heteroatoms. The first kappa shape index (κ1) is 24.5. The fourth-order valence-electron chi connectivity index (χ4n) is 3.68. The van der Waals surface area contributed by atoms with E-state index in [4.69, 9.17) is 9.47 Å². The molecule has 4 rings (SSSR count). The van der Waals surface area contributed by atoms with Gasteiger partial charge in [-0.3, -0.25) is 9.59 Å². The first-order valence-electron chi connectivity index (χ1n) is 11.8. The molecule has 0 spiro atoms. The number of nitrogens with one attached hydrogen (secondary N) is 1. The second-order valence-corrected chi connectivity index (χ2v) is 7.95. The highest BCUT2D eigenvalue weighted by molar-refractivity contribution is 6.08. The normalized spacial score (nSPS) is 10.4. The minimum absolute atomic E-state index is 0.127. The molecule has 0 saturated carbocycles. The molecule has 4 aromatic carbocycles. The quantitative estimate of drug-likeness (QED) is 0.280. The summed E-state index contributed by atoms with van der Waals surface area (Å²) >= 11 is 0. The second-order valence-electron chi connectivity index (χ2n) is 7.95. The van der Waals surface area contributed by atoms with Gasteiger partial charge in [-0.2, -0.15) is 0 Å². The second kappa shape index (κ2) is 12.2. The van der Waals surface area contributed by atoms with E-state index in [0.717, 1.165) is 11.4 Å². The van der Waals surface area contributed by atoms with Gasteiger partial charge in [0.05, 0.1) is 0 Å². The summed E-state index contributed by atoms with van der Waals surface area (Å²) in [5.41, 5.74) is 2.36. The average Bonchev–Trinajstić information content (AvgIpc) is 2.93. The molecule has 0 fully saturated rings. The number of nitrogens with zero attached hydrogens (tertiary/aromatic N) is 1. The monoisotopic (exact) mass is 480 g/mol. The molecule has 0 atom stereocenters. The van der Waals surface area contributed by atoms with Crippen molar-refractivity contribution < 1.29 is 19.1 Å². The van der Waals surface area contributed by atoms with E-state index in [-0.39, 0.29) is 11.8 Å². The molecule has 6 nitrogen and oxygen atoms in total. The Hall–Kier alpha value is -4.58. The van der Waals surface area contributed by atoms with Crippen LogP contribution >= 0.6 is 0 Å². The number of anilines is 2. The van der Waals surface area contributed by atoms with Crippen molar-refractivity contribution >= 4 is 23.2 Å². The number of rotatable bonds is 10. The van der Waals surface area contributed by atoms with E-state index in [2.05, 4.69) is 5.32 Å². The minimum atomic E-state index is -0.269. The van der Waals surface area contributed by atoms with Crippen LogP contribution in [-0.2, 0) is 0 Å². The molecule has 0 unspecified atom stereocenters. The third-order valence-electron chi connectivity index (χ3n) is 5.48. The number of hydrogen-bond donors (Lipinski definition) is 1. The van der Waals surface area contributed by atoms with Gasteiger partial charge in [-0.15, -0.1) is 0 Å². The summed E-state index contributed by atoms with van der Waals surface area (Å²) in [5.74, 6) is 1.05. The number of carbonyl (C=O) groups excluding carboxylic acids is 2. The lowest BCUT2D eigenvalue weighted by molar-refractivity contribution is 0.0985. The lowest BCUT2D eigenvalue weighted by Crippen LogP contribution is -2.30. The molecule has 0 heterocycles. The Bertz CT molecular complexity index is 1280. The van der Waals surface area contributed by atoms with Crippen LogP contribution in [0.15, 0.2) is 109 Å². The molecule has 0 aliphatic heterocycles. The minimum Gasteiger partial charge on any atom is -0.490 e. The predicted octanol–water partition coefficient (Wildman–Crippen LogP) is 6.06. The summed E-state index contributed by atoms with van der Waals surface area (Å²) < 4.78 is 11.3. The maximum absolute atomic E-state index is 13.1. The van der Waals surface area contributed by atoms with Crippen LogP contribution in [0.2, 0.25) is 0 Å². The molecular weight excluding hydrogens is 452 g/mol. The van der Waals surface area contributed by atoms with Crippen molar-refractivity contribution in [1.29, 1.82) is 0 Å². The van der Waals surface area contributed by atoms with Crippen LogP contribution in [0.5, 0.6) is 11.5 Å². The molecule has 36 heavy (non-hydrogen) atoms. The fourth-order valence-corrected chi connectivity index (χ4v) is 3.68. The molecule has 182 valence electrons. The molecule has 1 N–H and O–H groups in total. The van der Waals surface area contributed by atoms with Gasteiger partial charge in [0.25, 0.3) is 11.8 Å². The Kier molecular flexibility index (Phi) is 8.33. The fraction of sp³-hybridized carbons (Fsp3) is 0.133. The van der Waals surface area contributed by atoms with Crippen LogP contribution in [0, 0.1) is 0 Å². The van der Waals surface area contributed by atoms with Crippen molar-refractivity contribution in [2.24, 2.45) is 0 Å². The van der Waals surface area contributed by atoms with Crippen LogP contribution in [-0.4, -0.2) is 31.6 Å².